The number of hydrogen-bond acceptors (Lipinski definition) is 6. The Bertz CT molecular complexity index is 1150. The van der Waals surface area contributed by atoms with Crippen molar-refractivity contribution in [2.45, 2.75) is 50.9 Å². The molecule has 1 N–H and O–H groups in total. The van der Waals surface area contributed by atoms with Crippen molar-refractivity contribution in [3.8, 4) is 5.69 Å². The SMILES string of the molecule is Cc1cccc(-n2c(SC(C)C(=O)Nc3c(C)cccc3C(C)C)nnc2N2CCOCC2)c1. The third-order valence-electron chi connectivity index (χ3n) is 6.00. The van der Waals surface area contributed by atoms with E-state index in [1.165, 1.54) is 11.8 Å². The minimum atomic E-state index is -0.357. The second-order valence-corrected chi connectivity index (χ2v) is 10.3. The maximum Gasteiger partial charge on any atom is 0.237 e. The van der Waals surface area contributed by atoms with Crippen LogP contribution >= 0.6 is 11.8 Å². The molecule has 1 atom stereocenters. The molecule has 1 aromatic heterocycles. The van der Waals surface area contributed by atoms with E-state index in [1.807, 2.05) is 32.0 Å². The lowest BCUT2D eigenvalue weighted by molar-refractivity contribution is -0.115. The Balaban J connectivity index is 1.61. The third kappa shape index (κ3) is 5.28. The molecule has 1 fully saturated rings. The van der Waals surface area contributed by atoms with Crippen LogP contribution < -0.4 is 10.2 Å². The number of nitrogens with zero attached hydrogens (tertiary/aromatic N) is 4. The summed E-state index contributed by atoms with van der Waals surface area (Å²) in [6, 6.07) is 14.4. The van der Waals surface area contributed by atoms with Crippen LogP contribution in [0.3, 0.4) is 0 Å². The molecule has 1 amide bonds. The molecule has 0 radical (unpaired) electrons. The summed E-state index contributed by atoms with van der Waals surface area (Å²) in [5.74, 6) is 1.05. The number of hydrogen-bond donors (Lipinski definition) is 1. The van der Waals surface area contributed by atoms with Crippen LogP contribution in [-0.2, 0) is 9.53 Å². The lowest BCUT2D eigenvalue weighted by Crippen LogP contribution is -2.38. The number of amides is 1. The summed E-state index contributed by atoms with van der Waals surface area (Å²) in [5, 5.41) is 12.5. The highest BCUT2D eigenvalue weighted by atomic mass is 32.2. The molecule has 34 heavy (non-hydrogen) atoms. The second kappa shape index (κ2) is 10.6. The number of thioether (sulfide) groups is 1. The van der Waals surface area contributed by atoms with E-state index in [-0.39, 0.29) is 11.2 Å². The van der Waals surface area contributed by atoms with Crippen molar-refractivity contribution in [1.29, 1.82) is 0 Å². The number of para-hydroxylation sites is 1. The molecule has 1 aliphatic heterocycles. The molecule has 2 aromatic carbocycles. The van der Waals surface area contributed by atoms with Crippen molar-refractivity contribution in [2.75, 3.05) is 36.5 Å². The van der Waals surface area contributed by atoms with Gasteiger partial charge in [0.25, 0.3) is 0 Å². The van der Waals surface area contributed by atoms with Crippen LogP contribution in [-0.4, -0.2) is 52.2 Å². The van der Waals surface area contributed by atoms with Gasteiger partial charge in [-0.3, -0.25) is 9.36 Å². The summed E-state index contributed by atoms with van der Waals surface area (Å²) in [4.78, 5) is 15.4. The number of benzene rings is 2. The number of rotatable bonds is 7. The Morgan fingerprint density at radius 3 is 2.50 bits per heavy atom. The lowest BCUT2D eigenvalue weighted by atomic mass is 9.98. The van der Waals surface area contributed by atoms with Crippen LogP contribution in [0.5, 0.6) is 0 Å². The summed E-state index contributed by atoms with van der Waals surface area (Å²) in [6.45, 7) is 13.1. The zero-order chi connectivity index (χ0) is 24.2. The van der Waals surface area contributed by atoms with Gasteiger partial charge in [0, 0.05) is 18.8 Å². The van der Waals surface area contributed by atoms with Crippen molar-refractivity contribution in [1.82, 2.24) is 14.8 Å². The van der Waals surface area contributed by atoms with Gasteiger partial charge in [0.15, 0.2) is 5.16 Å². The number of carbonyl (C=O) groups is 1. The first-order chi connectivity index (χ1) is 16.3. The fourth-order valence-electron chi connectivity index (χ4n) is 4.08. The topological polar surface area (TPSA) is 72.3 Å². The van der Waals surface area contributed by atoms with Gasteiger partial charge in [-0.25, -0.2) is 0 Å². The Hall–Kier alpha value is -2.84. The fraction of sp³-hybridized carbons (Fsp3) is 0.423. The van der Waals surface area contributed by atoms with E-state index in [0.717, 1.165) is 47.1 Å². The minimum Gasteiger partial charge on any atom is -0.378 e. The number of aryl methyl sites for hydroxylation is 2. The predicted molar refractivity (Wildman–Crippen MR) is 138 cm³/mol. The first kappa shape index (κ1) is 24.3. The van der Waals surface area contributed by atoms with E-state index in [9.17, 15) is 4.79 Å². The van der Waals surface area contributed by atoms with Crippen LogP contribution in [0.2, 0.25) is 0 Å². The van der Waals surface area contributed by atoms with Crippen LogP contribution in [0, 0.1) is 13.8 Å². The molecule has 0 saturated carbocycles. The maximum absolute atomic E-state index is 13.2. The lowest BCUT2D eigenvalue weighted by Gasteiger charge is -2.28. The summed E-state index contributed by atoms with van der Waals surface area (Å²) in [7, 11) is 0. The summed E-state index contributed by atoms with van der Waals surface area (Å²) >= 11 is 1.42. The van der Waals surface area contributed by atoms with Gasteiger partial charge < -0.3 is 15.0 Å². The van der Waals surface area contributed by atoms with E-state index in [0.29, 0.717) is 24.3 Å². The molecule has 0 aliphatic carbocycles. The Labute approximate surface area is 205 Å². The highest BCUT2D eigenvalue weighted by molar-refractivity contribution is 8.00. The van der Waals surface area contributed by atoms with Crippen LogP contribution in [0.1, 0.15) is 43.4 Å². The largest absolute Gasteiger partial charge is 0.378 e. The van der Waals surface area contributed by atoms with Crippen molar-refractivity contribution in [2.24, 2.45) is 0 Å². The van der Waals surface area contributed by atoms with Gasteiger partial charge in [0.2, 0.25) is 11.9 Å². The van der Waals surface area contributed by atoms with Crippen molar-refractivity contribution >= 4 is 29.3 Å². The fourth-order valence-corrected chi connectivity index (χ4v) is 4.94. The van der Waals surface area contributed by atoms with E-state index in [1.54, 1.807) is 0 Å². The van der Waals surface area contributed by atoms with E-state index < -0.39 is 0 Å². The van der Waals surface area contributed by atoms with E-state index in [2.05, 4.69) is 70.0 Å². The molecule has 0 bridgehead atoms. The molecule has 7 nitrogen and oxygen atoms in total. The van der Waals surface area contributed by atoms with Crippen LogP contribution in [0.15, 0.2) is 47.6 Å². The van der Waals surface area contributed by atoms with Crippen LogP contribution in [0.25, 0.3) is 5.69 Å². The molecule has 1 aliphatic rings. The Kier molecular flexibility index (Phi) is 7.58. The number of aromatic nitrogens is 3. The van der Waals surface area contributed by atoms with Gasteiger partial charge in [0.1, 0.15) is 0 Å². The monoisotopic (exact) mass is 479 g/mol. The minimum absolute atomic E-state index is 0.0482. The molecule has 8 heteroatoms. The Morgan fingerprint density at radius 1 is 1.06 bits per heavy atom. The number of nitrogens with one attached hydrogen (secondary N) is 1. The molecule has 2 heterocycles. The maximum atomic E-state index is 13.2. The van der Waals surface area contributed by atoms with E-state index in [4.69, 9.17) is 4.74 Å². The number of carbonyl (C=O) groups excluding carboxylic acids is 1. The zero-order valence-electron chi connectivity index (χ0n) is 20.5. The average molecular weight is 480 g/mol. The van der Waals surface area contributed by atoms with Gasteiger partial charge >= 0.3 is 0 Å². The van der Waals surface area contributed by atoms with Crippen molar-refractivity contribution in [3.05, 3.63) is 59.2 Å². The first-order valence-electron chi connectivity index (χ1n) is 11.8. The Morgan fingerprint density at radius 2 is 1.79 bits per heavy atom. The molecular formula is C26H33N5O2S. The number of ether oxygens (including phenoxy) is 1. The van der Waals surface area contributed by atoms with Crippen molar-refractivity contribution < 1.29 is 9.53 Å². The molecule has 0 spiro atoms. The number of anilines is 2. The van der Waals surface area contributed by atoms with Crippen LogP contribution in [0.4, 0.5) is 11.6 Å². The molecule has 1 unspecified atom stereocenters. The normalized spacial score (nSPS) is 14.9. The van der Waals surface area contributed by atoms with Gasteiger partial charge in [-0.15, -0.1) is 10.2 Å². The molecule has 4 rings (SSSR count). The molecule has 3 aromatic rings. The first-order valence-corrected chi connectivity index (χ1v) is 12.6. The third-order valence-corrected chi connectivity index (χ3v) is 7.04. The van der Waals surface area contributed by atoms with Gasteiger partial charge in [-0.2, -0.15) is 0 Å². The predicted octanol–water partition coefficient (Wildman–Crippen LogP) is 4.96. The smallest absolute Gasteiger partial charge is 0.237 e. The van der Waals surface area contributed by atoms with Gasteiger partial charge in [-0.1, -0.05) is 55.9 Å². The van der Waals surface area contributed by atoms with Crippen molar-refractivity contribution in [3.63, 3.8) is 0 Å². The summed E-state index contributed by atoms with van der Waals surface area (Å²) in [6.07, 6.45) is 0. The highest BCUT2D eigenvalue weighted by Gasteiger charge is 2.25. The quantitative estimate of drug-likeness (QED) is 0.483. The highest BCUT2D eigenvalue weighted by Crippen LogP contribution is 2.32. The molecular weight excluding hydrogens is 446 g/mol. The number of morpholine rings is 1. The van der Waals surface area contributed by atoms with E-state index >= 15 is 0 Å². The van der Waals surface area contributed by atoms with Gasteiger partial charge in [0.05, 0.1) is 24.2 Å². The van der Waals surface area contributed by atoms with Gasteiger partial charge in [-0.05, 0) is 55.5 Å². The zero-order valence-corrected chi connectivity index (χ0v) is 21.4. The molecule has 1 saturated heterocycles. The average Bonchev–Trinajstić information content (AvgIpc) is 3.24. The molecule has 180 valence electrons. The standard InChI is InChI=1S/C26H33N5O2S/c1-17(2)22-11-7-9-19(4)23(22)27-24(32)20(5)34-26-29-28-25(30-12-14-33-15-13-30)31(26)21-10-6-8-18(3)16-21/h6-11,16-17,20H,12-15H2,1-5H3,(H,27,32). The summed E-state index contributed by atoms with van der Waals surface area (Å²) in [5.41, 5.74) is 5.26. The summed E-state index contributed by atoms with van der Waals surface area (Å²) < 4.78 is 7.58. The second-order valence-electron chi connectivity index (χ2n) is 9.00.